The number of amides is 1. The van der Waals surface area contributed by atoms with E-state index >= 15 is 0 Å². The lowest BCUT2D eigenvalue weighted by atomic mass is 10.2. The molecule has 0 spiro atoms. The van der Waals surface area contributed by atoms with E-state index in [0.717, 1.165) is 16.8 Å². The van der Waals surface area contributed by atoms with Gasteiger partial charge in [0.1, 0.15) is 11.5 Å². The van der Waals surface area contributed by atoms with Crippen LogP contribution in [-0.2, 0) is 4.79 Å². The van der Waals surface area contributed by atoms with Crippen LogP contribution in [0.15, 0.2) is 65.1 Å². The van der Waals surface area contributed by atoms with Crippen LogP contribution in [-0.4, -0.2) is 5.91 Å². The van der Waals surface area contributed by atoms with E-state index in [1.165, 1.54) is 6.08 Å². The number of halogens is 1. The van der Waals surface area contributed by atoms with Gasteiger partial charge >= 0.3 is 0 Å². The molecule has 25 heavy (non-hydrogen) atoms. The van der Waals surface area contributed by atoms with E-state index < -0.39 is 0 Å². The van der Waals surface area contributed by atoms with E-state index in [1.807, 2.05) is 37.3 Å². The SMILES string of the molecule is Cc1cc(N)ccc1NC(=O)/C=C/c1ccc(-c2ccccc2Cl)o1. The summed E-state index contributed by atoms with van der Waals surface area (Å²) in [5.74, 6) is 0.975. The van der Waals surface area contributed by atoms with E-state index in [2.05, 4.69) is 5.32 Å². The van der Waals surface area contributed by atoms with Gasteiger partial charge in [0, 0.05) is 23.0 Å². The van der Waals surface area contributed by atoms with Crippen molar-refractivity contribution in [3.8, 4) is 11.3 Å². The number of anilines is 2. The van der Waals surface area contributed by atoms with Gasteiger partial charge in [-0.1, -0.05) is 23.7 Å². The molecule has 0 unspecified atom stereocenters. The molecule has 0 aliphatic heterocycles. The van der Waals surface area contributed by atoms with Crippen molar-refractivity contribution < 1.29 is 9.21 Å². The minimum absolute atomic E-state index is 0.247. The first-order chi connectivity index (χ1) is 12.0. The summed E-state index contributed by atoms with van der Waals surface area (Å²) in [5.41, 5.74) is 8.80. The fourth-order valence-corrected chi connectivity index (χ4v) is 2.64. The molecule has 3 N–H and O–H groups in total. The molecule has 5 heteroatoms. The third-order valence-corrected chi connectivity index (χ3v) is 4.00. The number of furan rings is 1. The van der Waals surface area contributed by atoms with E-state index in [4.69, 9.17) is 21.8 Å². The van der Waals surface area contributed by atoms with Gasteiger partial charge in [-0.3, -0.25) is 4.79 Å². The van der Waals surface area contributed by atoms with Crippen molar-refractivity contribution in [3.05, 3.63) is 77.0 Å². The second-order valence-corrected chi connectivity index (χ2v) is 5.99. The molecule has 0 aliphatic carbocycles. The Balaban J connectivity index is 1.70. The van der Waals surface area contributed by atoms with E-state index in [9.17, 15) is 4.79 Å². The van der Waals surface area contributed by atoms with Crippen molar-refractivity contribution in [3.63, 3.8) is 0 Å². The average molecular weight is 353 g/mol. The van der Waals surface area contributed by atoms with Crippen molar-refractivity contribution in [2.75, 3.05) is 11.1 Å². The predicted molar refractivity (Wildman–Crippen MR) is 102 cm³/mol. The maximum absolute atomic E-state index is 12.1. The smallest absolute Gasteiger partial charge is 0.248 e. The minimum atomic E-state index is -0.247. The van der Waals surface area contributed by atoms with Crippen molar-refractivity contribution >= 4 is 35.0 Å². The lowest BCUT2D eigenvalue weighted by molar-refractivity contribution is -0.111. The monoisotopic (exact) mass is 352 g/mol. The number of rotatable bonds is 4. The van der Waals surface area contributed by atoms with Crippen molar-refractivity contribution in [1.29, 1.82) is 0 Å². The topological polar surface area (TPSA) is 68.3 Å². The molecule has 0 saturated heterocycles. The van der Waals surface area contributed by atoms with Crippen LogP contribution in [0.4, 0.5) is 11.4 Å². The Morgan fingerprint density at radius 2 is 1.96 bits per heavy atom. The summed E-state index contributed by atoms with van der Waals surface area (Å²) in [5, 5.41) is 3.43. The number of hydrogen-bond donors (Lipinski definition) is 2. The van der Waals surface area contributed by atoms with Crippen LogP contribution in [0, 0.1) is 6.92 Å². The number of benzene rings is 2. The van der Waals surface area contributed by atoms with Crippen LogP contribution in [0.5, 0.6) is 0 Å². The second-order valence-electron chi connectivity index (χ2n) is 5.58. The van der Waals surface area contributed by atoms with Gasteiger partial charge in [-0.15, -0.1) is 0 Å². The third kappa shape index (κ3) is 4.11. The molecule has 3 aromatic rings. The summed E-state index contributed by atoms with van der Waals surface area (Å²) in [7, 11) is 0. The molecule has 126 valence electrons. The third-order valence-electron chi connectivity index (χ3n) is 3.67. The molecule has 0 bridgehead atoms. The molecular formula is C20H17ClN2O2. The summed E-state index contributed by atoms with van der Waals surface area (Å²) < 4.78 is 5.72. The highest BCUT2D eigenvalue weighted by Crippen LogP contribution is 2.29. The van der Waals surface area contributed by atoms with Crippen LogP contribution in [0.25, 0.3) is 17.4 Å². The molecule has 0 radical (unpaired) electrons. The summed E-state index contributed by atoms with van der Waals surface area (Å²) in [6.45, 7) is 1.89. The van der Waals surface area contributed by atoms with Crippen molar-refractivity contribution in [2.24, 2.45) is 0 Å². The number of nitrogens with two attached hydrogens (primary N) is 1. The highest BCUT2D eigenvalue weighted by Gasteiger charge is 2.07. The first-order valence-electron chi connectivity index (χ1n) is 7.73. The molecule has 0 atom stereocenters. The highest BCUT2D eigenvalue weighted by atomic mass is 35.5. The zero-order chi connectivity index (χ0) is 17.8. The van der Waals surface area contributed by atoms with Crippen LogP contribution in [0.3, 0.4) is 0 Å². The van der Waals surface area contributed by atoms with Crippen LogP contribution in [0.2, 0.25) is 5.02 Å². The predicted octanol–water partition coefficient (Wildman–Crippen LogP) is 5.14. The maximum Gasteiger partial charge on any atom is 0.248 e. The van der Waals surface area contributed by atoms with Gasteiger partial charge in [-0.25, -0.2) is 0 Å². The zero-order valence-corrected chi connectivity index (χ0v) is 14.4. The van der Waals surface area contributed by atoms with Gasteiger partial charge in [0.2, 0.25) is 5.91 Å². The fourth-order valence-electron chi connectivity index (χ4n) is 2.41. The minimum Gasteiger partial charge on any atom is -0.457 e. The summed E-state index contributed by atoms with van der Waals surface area (Å²) in [6.07, 6.45) is 3.04. The molecule has 1 aromatic heterocycles. The van der Waals surface area contributed by atoms with Gasteiger partial charge in [-0.05, 0) is 61.0 Å². The lowest BCUT2D eigenvalue weighted by Crippen LogP contribution is -2.09. The molecular weight excluding hydrogens is 336 g/mol. The Morgan fingerprint density at radius 1 is 1.16 bits per heavy atom. The van der Waals surface area contributed by atoms with Crippen molar-refractivity contribution in [1.82, 2.24) is 0 Å². The van der Waals surface area contributed by atoms with Crippen molar-refractivity contribution in [2.45, 2.75) is 6.92 Å². The average Bonchev–Trinajstić information content (AvgIpc) is 3.05. The molecule has 0 saturated carbocycles. The standard InChI is InChI=1S/C20H17ClN2O2/c1-13-12-14(22)6-9-18(13)23-20(24)11-8-15-7-10-19(25-15)16-4-2-3-5-17(16)21/h2-12H,22H2,1H3,(H,23,24)/b11-8+. The first kappa shape index (κ1) is 16.9. The molecule has 1 heterocycles. The Kier molecular flexibility index (Phi) is 4.91. The Labute approximate surface area is 150 Å². The number of carbonyl (C=O) groups excluding carboxylic acids is 1. The van der Waals surface area contributed by atoms with Crippen LogP contribution >= 0.6 is 11.6 Å². The van der Waals surface area contributed by atoms with Gasteiger partial charge in [0.25, 0.3) is 0 Å². The molecule has 2 aromatic carbocycles. The van der Waals surface area contributed by atoms with E-state index in [1.54, 1.807) is 30.3 Å². The van der Waals surface area contributed by atoms with Gasteiger partial charge in [0.05, 0.1) is 5.02 Å². The summed E-state index contributed by atoms with van der Waals surface area (Å²) in [6, 6.07) is 16.4. The Bertz CT molecular complexity index is 944. The van der Waals surface area contributed by atoms with E-state index in [-0.39, 0.29) is 5.91 Å². The molecule has 3 rings (SSSR count). The normalized spacial score (nSPS) is 11.0. The number of hydrogen-bond acceptors (Lipinski definition) is 3. The largest absolute Gasteiger partial charge is 0.457 e. The van der Waals surface area contributed by atoms with Crippen LogP contribution < -0.4 is 11.1 Å². The zero-order valence-electron chi connectivity index (χ0n) is 13.6. The second kappa shape index (κ2) is 7.28. The highest BCUT2D eigenvalue weighted by molar-refractivity contribution is 6.33. The first-order valence-corrected chi connectivity index (χ1v) is 8.10. The molecule has 4 nitrogen and oxygen atoms in total. The number of aryl methyl sites for hydroxylation is 1. The Morgan fingerprint density at radius 3 is 2.72 bits per heavy atom. The van der Waals surface area contributed by atoms with Crippen LogP contribution in [0.1, 0.15) is 11.3 Å². The maximum atomic E-state index is 12.1. The van der Waals surface area contributed by atoms with Gasteiger partial charge in [0.15, 0.2) is 0 Å². The molecule has 0 aliphatic rings. The number of nitrogen functional groups attached to an aromatic ring is 1. The summed E-state index contributed by atoms with van der Waals surface area (Å²) >= 11 is 6.16. The van der Waals surface area contributed by atoms with Gasteiger partial charge in [-0.2, -0.15) is 0 Å². The fraction of sp³-hybridized carbons (Fsp3) is 0.0500. The lowest BCUT2D eigenvalue weighted by Gasteiger charge is -2.06. The molecule has 0 fully saturated rings. The number of carbonyl (C=O) groups is 1. The van der Waals surface area contributed by atoms with E-state index in [0.29, 0.717) is 22.2 Å². The van der Waals surface area contributed by atoms with Gasteiger partial charge < -0.3 is 15.5 Å². The Hall–Kier alpha value is -2.98. The quantitative estimate of drug-likeness (QED) is 0.504. The summed E-state index contributed by atoms with van der Waals surface area (Å²) in [4.78, 5) is 12.1. The molecule has 1 amide bonds. The number of nitrogens with one attached hydrogen (secondary N) is 1.